The normalized spacial score (nSPS) is 27.4. The minimum Gasteiger partial charge on any atom is -0.298 e. The van der Waals surface area contributed by atoms with E-state index in [-0.39, 0.29) is 16.8 Å². The van der Waals surface area contributed by atoms with Crippen molar-refractivity contribution < 1.29 is 9.72 Å². The first kappa shape index (κ1) is 12.5. The number of hydrogen-bond acceptors (Lipinski definition) is 3. The summed E-state index contributed by atoms with van der Waals surface area (Å²) in [6, 6.07) is 8.76. The molecule has 1 aliphatic carbocycles. The van der Waals surface area contributed by atoms with Crippen LogP contribution in [0.4, 0.5) is 0 Å². The summed E-state index contributed by atoms with van der Waals surface area (Å²) >= 11 is 0. The van der Waals surface area contributed by atoms with Crippen molar-refractivity contribution in [1.82, 2.24) is 0 Å². The van der Waals surface area contributed by atoms with Crippen molar-refractivity contribution in [3.05, 3.63) is 57.7 Å². The lowest BCUT2D eigenvalue weighted by atomic mass is 9.75. The summed E-state index contributed by atoms with van der Waals surface area (Å²) in [5.41, 5.74) is 1.51. The van der Waals surface area contributed by atoms with Crippen LogP contribution < -0.4 is 0 Å². The molecule has 0 radical (unpaired) electrons. The molecular weight excluding hydrogens is 230 g/mol. The highest BCUT2D eigenvalue weighted by atomic mass is 16.6. The van der Waals surface area contributed by atoms with E-state index < -0.39 is 6.04 Å². The van der Waals surface area contributed by atoms with Crippen LogP contribution in [0.25, 0.3) is 0 Å². The minimum absolute atomic E-state index is 0.153. The summed E-state index contributed by atoms with van der Waals surface area (Å²) in [6.45, 7) is 1.75. The predicted molar refractivity (Wildman–Crippen MR) is 67.9 cm³/mol. The molecule has 4 heteroatoms. The van der Waals surface area contributed by atoms with Crippen LogP contribution >= 0.6 is 0 Å². The Morgan fingerprint density at radius 1 is 1.33 bits per heavy atom. The van der Waals surface area contributed by atoms with Gasteiger partial charge in [0.2, 0.25) is 6.04 Å². The monoisotopic (exact) mass is 245 g/mol. The van der Waals surface area contributed by atoms with Crippen LogP contribution in [0.1, 0.15) is 24.8 Å². The van der Waals surface area contributed by atoms with Gasteiger partial charge in [0.1, 0.15) is 6.29 Å². The van der Waals surface area contributed by atoms with Gasteiger partial charge in [-0.1, -0.05) is 43.3 Å². The summed E-state index contributed by atoms with van der Waals surface area (Å²) in [6.07, 6.45) is 3.12. The lowest BCUT2D eigenvalue weighted by Gasteiger charge is -2.29. The van der Waals surface area contributed by atoms with Crippen molar-refractivity contribution in [3.8, 4) is 0 Å². The Hall–Kier alpha value is -1.97. The third kappa shape index (κ3) is 2.18. The van der Waals surface area contributed by atoms with Gasteiger partial charge < -0.3 is 0 Å². The zero-order valence-electron chi connectivity index (χ0n) is 10.2. The third-order valence-corrected chi connectivity index (χ3v) is 3.67. The second kappa shape index (κ2) is 5.12. The van der Waals surface area contributed by atoms with Gasteiger partial charge in [0.25, 0.3) is 0 Å². The highest BCUT2D eigenvalue weighted by Crippen LogP contribution is 2.36. The highest BCUT2D eigenvalue weighted by Gasteiger charge is 2.41. The molecule has 0 saturated heterocycles. The predicted octanol–water partition coefficient (Wildman–Crippen LogP) is 2.58. The maximum Gasteiger partial charge on any atom is 0.226 e. The fourth-order valence-electron chi connectivity index (χ4n) is 2.65. The number of allylic oxidation sites excluding steroid dienone is 1. The number of nitrogens with zero attached hydrogens (tertiary/aromatic N) is 1. The van der Waals surface area contributed by atoms with Crippen molar-refractivity contribution in [3.63, 3.8) is 0 Å². The molecule has 94 valence electrons. The average Bonchev–Trinajstić information content (AvgIpc) is 2.39. The number of carbonyl (C=O) groups excluding carboxylic acids is 1. The number of nitro groups is 1. The molecule has 2 rings (SSSR count). The van der Waals surface area contributed by atoms with Gasteiger partial charge in [0, 0.05) is 4.92 Å². The van der Waals surface area contributed by atoms with Crippen LogP contribution in [0.2, 0.25) is 0 Å². The molecular formula is C14H15NO3. The maximum absolute atomic E-state index is 11.3. The highest BCUT2D eigenvalue weighted by molar-refractivity contribution is 5.74. The van der Waals surface area contributed by atoms with Crippen LogP contribution in [-0.2, 0) is 4.79 Å². The van der Waals surface area contributed by atoms with E-state index in [2.05, 4.69) is 0 Å². The molecule has 0 N–H and O–H groups in total. The average molecular weight is 245 g/mol. The van der Waals surface area contributed by atoms with E-state index in [4.69, 9.17) is 0 Å². The lowest BCUT2D eigenvalue weighted by Crippen LogP contribution is -2.37. The molecule has 1 aromatic rings. The molecule has 0 unspecified atom stereocenters. The first-order valence-corrected chi connectivity index (χ1v) is 5.98. The van der Waals surface area contributed by atoms with Crippen LogP contribution in [0.15, 0.2) is 42.0 Å². The Bertz CT molecular complexity index is 481. The zero-order chi connectivity index (χ0) is 13.1. The molecule has 0 aliphatic heterocycles. The van der Waals surface area contributed by atoms with Gasteiger partial charge in [-0.05, 0) is 17.6 Å². The van der Waals surface area contributed by atoms with Crippen molar-refractivity contribution in [2.75, 3.05) is 0 Å². The van der Waals surface area contributed by atoms with Gasteiger partial charge >= 0.3 is 0 Å². The van der Waals surface area contributed by atoms with Gasteiger partial charge in [-0.15, -0.1) is 0 Å². The van der Waals surface area contributed by atoms with E-state index in [0.717, 1.165) is 11.8 Å². The topological polar surface area (TPSA) is 60.2 Å². The SMILES string of the molecule is C[C@@H]1C(C=O)=CC[C@@H](c2ccccc2)[C@H]1[N+](=O)[O-]. The van der Waals surface area contributed by atoms with Crippen molar-refractivity contribution in [1.29, 1.82) is 0 Å². The lowest BCUT2D eigenvalue weighted by molar-refractivity contribution is -0.534. The van der Waals surface area contributed by atoms with E-state index in [1.54, 1.807) is 6.92 Å². The van der Waals surface area contributed by atoms with Gasteiger partial charge in [-0.2, -0.15) is 0 Å². The van der Waals surface area contributed by atoms with Crippen LogP contribution in [0, 0.1) is 16.0 Å². The fraction of sp³-hybridized carbons (Fsp3) is 0.357. The standard InChI is InChI=1S/C14H15NO3/c1-10-12(9-16)7-8-13(14(10)15(17)18)11-5-3-2-4-6-11/h2-7,9-10,13-14H,8H2,1H3/t10-,13+,14+/m1/s1. The molecule has 0 amide bonds. The molecule has 0 fully saturated rings. The molecule has 1 aromatic carbocycles. The number of aldehydes is 1. The van der Waals surface area contributed by atoms with Gasteiger partial charge in [-0.25, -0.2) is 0 Å². The number of rotatable bonds is 3. The molecule has 0 heterocycles. The van der Waals surface area contributed by atoms with Crippen LogP contribution in [-0.4, -0.2) is 17.3 Å². The van der Waals surface area contributed by atoms with Gasteiger partial charge in [0.05, 0.1) is 11.8 Å². The van der Waals surface area contributed by atoms with Crippen molar-refractivity contribution >= 4 is 6.29 Å². The maximum atomic E-state index is 11.3. The Labute approximate surface area is 105 Å². The summed E-state index contributed by atoms with van der Waals surface area (Å²) < 4.78 is 0. The molecule has 0 saturated carbocycles. The van der Waals surface area contributed by atoms with E-state index in [0.29, 0.717) is 12.0 Å². The first-order chi connectivity index (χ1) is 8.65. The van der Waals surface area contributed by atoms with E-state index >= 15 is 0 Å². The summed E-state index contributed by atoms with van der Waals surface area (Å²) in [5.74, 6) is -0.489. The Morgan fingerprint density at radius 2 is 2.00 bits per heavy atom. The second-order valence-electron chi connectivity index (χ2n) is 4.64. The molecule has 3 atom stereocenters. The van der Waals surface area contributed by atoms with Crippen LogP contribution in [0.3, 0.4) is 0 Å². The molecule has 1 aliphatic rings. The summed E-state index contributed by atoms with van der Waals surface area (Å²) in [5, 5.41) is 11.3. The first-order valence-electron chi connectivity index (χ1n) is 5.98. The second-order valence-corrected chi connectivity index (χ2v) is 4.64. The molecule has 18 heavy (non-hydrogen) atoms. The summed E-state index contributed by atoms with van der Waals surface area (Å²) in [7, 11) is 0. The van der Waals surface area contributed by atoms with Crippen LogP contribution in [0.5, 0.6) is 0 Å². The number of hydrogen-bond donors (Lipinski definition) is 0. The van der Waals surface area contributed by atoms with E-state index in [1.165, 1.54) is 0 Å². The Kier molecular flexibility index (Phi) is 3.55. The minimum atomic E-state index is -0.724. The van der Waals surface area contributed by atoms with Gasteiger partial charge in [0.15, 0.2) is 0 Å². The Morgan fingerprint density at radius 3 is 2.56 bits per heavy atom. The summed E-state index contributed by atoms with van der Waals surface area (Å²) in [4.78, 5) is 21.9. The van der Waals surface area contributed by atoms with Crippen molar-refractivity contribution in [2.45, 2.75) is 25.3 Å². The smallest absolute Gasteiger partial charge is 0.226 e. The molecule has 4 nitrogen and oxygen atoms in total. The Balaban J connectivity index is 2.39. The number of benzene rings is 1. The third-order valence-electron chi connectivity index (χ3n) is 3.67. The molecule has 0 bridgehead atoms. The quantitative estimate of drug-likeness (QED) is 0.467. The van der Waals surface area contributed by atoms with Gasteiger partial charge in [-0.3, -0.25) is 14.9 Å². The van der Waals surface area contributed by atoms with E-state index in [9.17, 15) is 14.9 Å². The zero-order valence-corrected chi connectivity index (χ0v) is 10.2. The largest absolute Gasteiger partial charge is 0.298 e. The molecule has 0 spiro atoms. The van der Waals surface area contributed by atoms with Crippen molar-refractivity contribution in [2.24, 2.45) is 5.92 Å². The number of carbonyl (C=O) groups is 1. The fourth-order valence-corrected chi connectivity index (χ4v) is 2.65. The van der Waals surface area contributed by atoms with E-state index in [1.807, 2.05) is 36.4 Å². The molecule has 0 aromatic heterocycles.